The number of carbonyl (C=O) groups is 1. The number of fused-ring (bicyclic) bond motifs is 1. The molecule has 0 radical (unpaired) electrons. The Balaban J connectivity index is 2.67. The van der Waals surface area contributed by atoms with Gasteiger partial charge in [-0.25, -0.2) is 14.8 Å². The fourth-order valence-corrected chi connectivity index (χ4v) is 1.49. The van der Waals surface area contributed by atoms with Crippen LogP contribution in [0.2, 0.25) is 0 Å². The summed E-state index contributed by atoms with van der Waals surface area (Å²) in [6.07, 6.45) is 1.50. The first kappa shape index (κ1) is 9.08. The second kappa shape index (κ2) is 3.34. The summed E-state index contributed by atoms with van der Waals surface area (Å²) in [6.45, 7) is 0. The van der Waals surface area contributed by atoms with Crippen LogP contribution in [-0.4, -0.2) is 21.0 Å². The lowest BCUT2D eigenvalue weighted by molar-refractivity contribution is 0.0684. The van der Waals surface area contributed by atoms with Crippen LogP contribution in [0.3, 0.4) is 0 Å². The van der Waals surface area contributed by atoms with Crippen LogP contribution in [0.25, 0.3) is 10.9 Å². The van der Waals surface area contributed by atoms with Gasteiger partial charge in [-0.05, 0) is 18.2 Å². The second-order valence-electron chi connectivity index (χ2n) is 2.70. The van der Waals surface area contributed by atoms with E-state index < -0.39 is 5.97 Å². The zero-order valence-corrected chi connectivity index (χ0v) is 8.52. The molecule has 0 aliphatic heterocycles. The summed E-state index contributed by atoms with van der Waals surface area (Å²) in [7, 11) is 0. The Kier molecular flexibility index (Phi) is 2.17. The van der Waals surface area contributed by atoms with Gasteiger partial charge >= 0.3 is 5.97 Å². The number of hydrogen-bond acceptors (Lipinski definition) is 3. The Hall–Kier alpha value is -1.49. The summed E-state index contributed by atoms with van der Waals surface area (Å²) >= 11 is 3.31. The maximum atomic E-state index is 10.6. The van der Waals surface area contributed by atoms with Crippen molar-refractivity contribution in [1.29, 1.82) is 0 Å². The van der Waals surface area contributed by atoms with E-state index in [-0.39, 0.29) is 5.82 Å². The van der Waals surface area contributed by atoms with Crippen molar-refractivity contribution < 1.29 is 9.90 Å². The molecule has 1 heterocycles. The van der Waals surface area contributed by atoms with Crippen LogP contribution in [0, 0.1) is 0 Å². The van der Waals surface area contributed by atoms with E-state index in [1.54, 1.807) is 12.1 Å². The molecule has 0 fully saturated rings. The van der Waals surface area contributed by atoms with E-state index in [4.69, 9.17) is 5.11 Å². The fourth-order valence-electron chi connectivity index (χ4n) is 1.11. The SMILES string of the molecule is O=C(O)c1ncc2cc(Br)ccc2n1. The molecule has 0 saturated heterocycles. The molecule has 0 atom stereocenters. The molecular formula is C9H5BrN2O2. The Morgan fingerprint density at radius 3 is 2.93 bits per heavy atom. The highest BCUT2D eigenvalue weighted by Crippen LogP contribution is 2.17. The number of aromatic nitrogens is 2. The van der Waals surface area contributed by atoms with E-state index in [1.165, 1.54) is 6.20 Å². The lowest BCUT2D eigenvalue weighted by Crippen LogP contribution is -2.03. The average molecular weight is 253 g/mol. The van der Waals surface area contributed by atoms with E-state index in [1.807, 2.05) is 6.07 Å². The first-order valence-electron chi connectivity index (χ1n) is 3.82. The monoisotopic (exact) mass is 252 g/mol. The first-order valence-corrected chi connectivity index (χ1v) is 4.62. The van der Waals surface area contributed by atoms with E-state index >= 15 is 0 Å². The molecule has 0 unspecified atom stereocenters. The molecule has 5 heteroatoms. The Labute approximate surface area is 87.7 Å². The predicted molar refractivity (Wildman–Crippen MR) is 54.2 cm³/mol. The van der Waals surface area contributed by atoms with Gasteiger partial charge in [0.25, 0.3) is 0 Å². The maximum absolute atomic E-state index is 10.6. The van der Waals surface area contributed by atoms with Crippen LogP contribution in [0.15, 0.2) is 28.9 Å². The third-order valence-corrected chi connectivity index (χ3v) is 2.23. The van der Waals surface area contributed by atoms with Crippen molar-refractivity contribution >= 4 is 32.8 Å². The summed E-state index contributed by atoms with van der Waals surface area (Å²) in [4.78, 5) is 18.2. The van der Waals surface area contributed by atoms with Gasteiger partial charge in [-0.3, -0.25) is 0 Å². The molecule has 14 heavy (non-hydrogen) atoms. The molecule has 1 N–H and O–H groups in total. The minimum Gasteiger partial charge on any atom is -0.475 e. The van der Waals surface area contributed by atoms with Crippen LogP contribution in [0.5, 0.6) is 0 Å². The summed E-state index contributed by atoms with van der Waals surface area (Å²) in [6, 6.07) is 5.38. The van der Waals surface area contributed by atoms with Gasteiger partial charge in [0.1, 0.15) is 0 Å². The first-order chi connectivity index (χ1) is 6.66. The van der Waals surface area contributed by atoms with E-state index in [2.05, 4.69) is 25.9 Å². The fraction of sp³-hybridized carbons (Fsp3) is 0. The van der Waals surface area contributed by atoms with Crippen molar-refractivity contribution in [3.63, 3.8) is 0 Å². The minimum atomic E-state index is -1.12. The molecule has 1 aromatic carbocycles. The van der Waals surface area contributed by atoms with Gasteiger partial charge in [0.2, 0.25) is 5.82 Å². The molecule has 0 saturated carbocycles. The number of benzene rings is 1. The topological polar surface area (TPSA) is 63.1 Å². The molecule has 0 amide bonds. The molecule has 0 aliphatic rings. The second-order valence-corrected chi connectivity index (χ2v) is 3.62. The highest BCUT2D eigenvalue weighted by molar-refractivity contribution is 9.10. The van der Waals surface area contributed by atoms with Gasteiger partial charge < -0.3 is 5.11 Å². The predicted octanol–water partition coefficient (Wildman–Crippen LogP) is 2.09. The highest BCUT2D eigenvalue weighted by Gasteiger charge is 2.06. The lowest BCUT2D eigenvalue weighted by atomic mass is 10.2. The number of rotatable bonds is 1. The number of halogens is 1. The molecule has 70 valence electrons. The third-order valence-electron chi connectivity index (χ3n) is 1.73. The van der Waals surface area contributed by atoms with Crippen molar-refractivity contribution in [2.45, 2.75) is 0 Å². The molecule has 4 nitrogen and oxygen atoms in total. The standard InChI is InChI=1S/C9H5BrN2O2/c10-6-1-2-7-5(3-6)4-11-8(12-7)9(13)14/h1-4H,(H,13,14). The van der Waals surface area contributed by atoms with E-state index in [0.29, 0.717) is 5.52 Å². The van der Waals surface area contributed by atoms with Crippen LogP contribution in [0.1, 0.15) is 10.6 Å². The molecular weight excluding hydrogens is 248 g/mol. The Morgan fingerprint density at radius 2 is 2.21 bits per heavy atom. The molecule has 2 rings (SSSR count). The summed E-state index contributed by atoms with van der Waals surface area (Å²) in [5.74, 6) is -1.30. The minimum absolute atomic E-state index is 0.181. The number of carboxylic acids is 1. The largest absolute Gasteiger partial charge is 0.475 e. The quantitative estimate of drug-likeness (QED) is 0.845. The average Bonchev–Trinajstić information content (AvgIpc) is 2.16. The number of nitrogens with zero attached hydrogens (tertiary/aromatic N) is 2. The number of carboxylic acid groups (broad SMARTS) is 1. The Morgan fingerprint density at radius 1 is 1.43 bits per heavy atom. The highest BCUT2D eigenvalue weighted by atomic mass is 79.9. The van der Waals surface area contributed by atoms with Crippen LogP contribution >= 0.6 is 15.9 Å². The number of hydrogen-bond donors (Lipinski definition) is 1. The maximum Gasteiger partial charge on any atom is 0.373 e. The van der Waals surface area contributed by atoms with Crippen molar-refractivity contribution in [2.75, 3.05) is 0 Å². The van der Waals surface area contributed by atoms with Crippen molar-refractivity contribution in [2.24, 2.45) is 0 Å². The van der Waals surface area contributed by atoms with Crippen molar-refractivity contribution in [3.8, 4) is 0 Å². The van der Waals surface area contributed by atoms with Gasteiger partial charge in [0.05, 0.1) is 5.52 Å². The smallest absolute Gasteiger partial charge is 0.373 e. The summed E-state index contributed by atoms with van der Waals surface area (Å²) < 4.78 is 0.914. The Bertz CT molecular complexity index is 513. The molecule has 0 spiro atoms. The zero-order chi connectivity index (χ0) is 10.1. The van der Waals surface area contributed by atoms with Crippen LogP contribution in [0.4, 0.5) is 0 Å². The van der Waals surface area contributed by atoms with Gasteiger partial charge in [-0.1, -0.05) is 15.9 Å². The van der Waals surface area contributed by atoms with Crippen molar-refractivity contribution in [1.82, 2.24) is 9.97 Å². The lowest BCUT2D eigenvalue weighted by Gasteiger charge is -1.98. The third kappa shape index (κ3) is 1.58. The number of aromatic carboxylic acids is 1. The molecule has 1 aromatic heterocycles. The van der Waals surface area contributed by atoms with Crippen molar-refractivity contribution in [3.05, 3.63) is 34.7 Å². The van der Waals surface area contributed by atoms with Gasteiger partial charge in [-0.2, -0.15) is 0 Å². The summed E-state index contributed by atoms with van der Waals surface area (Å²) in [5.41, 5.74) is 0.626. The van der Waals surface area contributed by atoms with E-state index in [0.717, 1.165) is 9.86 Å². The molecule has 0 aliphatic carbocycles. The normalized spacial score (nSPS) is 10.4. The summed E-state index contributed by atoms with van der Waals surface area (Å²) in [5, 5.41) is 9.47. The molecule has 0 bridgehead atoms. The zero-order valence-electron chi connectivity index (χ0n) is 6.94. The van der Waals surface area contributed by atoms with Crippen LogP contribution < -0.4 is 0 Å². The van der Waals surface area contributed by atoms with Gasteiger partial charge in [-0.15, -0.1) is 0 Å². The van der Waals surface area contributed by atoms with Crippen LogP contribution in [-0.2, 0) is 0 Å². The van der Waals surface area contributed by atoms with Gasteiger partial charge in [0.15, 0.2) is 0 Å². The van der Waals surface area contributed by atoms with E-state index in [9.17, 15) is 4.79 Å². The molecule has 2 aromatic rings. The van der Waals surface area contributed by atoms with Gasteiger partial charge in [0, 0.05) is 16.1 Å².